The molecule has 5 nitrogen and oxygen atoms in total. The molecule has 23 heavy (non-hydrogen) atoms. The lowest BCUT2D eigenvalue weighted by atomic mass is 10.2. The number of hydrogen-bond donors (Lipinski definition) is 2. The number of carbonyl (C=O) groups is 1. The molecule has 6 heteroatoms. The predicted molar refractivity (Wildman–Crippen MR) is 90.9 cm³/mol. The van der Waals surface area contributed by atoms with Gasteiger partial charge in [0.05, 0.1) is 5.56 Å². The van der Waals surface area contributed by atoms with Crippen molar-refractivity contribution in [3.63, 3.8) is 0 Å². The van der Waals surface area contributed by atoms with Gasteiger partial charge in [0.2, 0.25) is 0 Å². The molecule has 2 fully saturated rings. The summed E-state index contributed by atoms with van der Waals surface area (Å²) < 4.78 is 0. The zero-order chi connectivity index (χ0) is 15.6. The van der Waals surface area contributed by atoms with Gasteiger partial charge in [-0.05, 0) is 37.1 Å². The van der Waals surface area contributed by atoms with Crippen molar-refractivity contribution in [3.05, 3.63) is 48.0 Å². The van der Waals surface area contributed by atoms with E-state index in [0.717, 1.165) is 37.4 Å². The third-order valence-electron chi connectivity index (χ3n) is 4.04. The van der Waals surface area contributed by atoms with Gasteiger partial charge in [-0.25, -0.2) is 9.97 Å². The van der Waals surface area contributed by atoms with E-state index in [1.165, 1.54) is 4.90 Å². The number of hydrogen-bond acceptors (Lipinski definition) is 5. The molecule has 118 valence electrons. The van der Waals surface area contributed by atoms with E-state index in [9.17, 15) is 4.79 Å². The summed E-state index contributed by atoms with van der Waals surface area (Å²) in [6, 6.07) is 7.97. The van der Waals surface area contributed by atoms with Crippen LogP contribution in [0.2, 0.25) is 0 Å². The molecule has 4 rings (SSSR count). The second kappa shape index (κ2) is 6.29. The van der Waals surface area contributed by atoms with Crippen LogP contribution < -0.4 is 10.6 Å². The summed E-state index contributed by atoms with van der Waals surface area (Å²) >= 11 is 1.87. The summed E-state index contributed by atoms with van der Waals surface area (Å²) in [4.78, 5) is 22.0. The molecule has 2 N–H and O–H groups in total. The smallest absolute Gasteiger partial charge is 0.258 e. The highest BCUT2D eigenvalue weighted by molar-refractivity contribution is 8.00. The van der Waals surface area contributed by atoms with Crippen LogP contribution in [-0.4, -0.2) is 34.2 Å². The van der Waals surface area contributed by atoms with Crippen LogP contribution in [0.15, 0.2) is 41.6 Å². The highest BCUT2D eigenvalue weighted by atomic mass is 32.2. The molecule has 2 aliphatic rings. The van der Waals surface area contributed by atoms with Gasteiger partial charge in [0, 0.05) is 47.2 Å². The molecule has 1 amide bonds. The molecule has 2 aromatic rings. The van der Waals surface area contributed by atoms with E-state index < -0.39 is 0 Å². The van der Waals surface area contributed by atoms with E-state index in [-0.39, 0.29) is 5.91 Å². The Bertz CT molecular complexity index is 694. The van der Waals surface area contributed by atoms with Crippen LogP contribution in [0, 0.1) is 0 Å². The Kier molecular flexibility index (Phi) is 4.01. The van der Waals surface area contributed by atoms with Gasteiger partial charge in [0.1, 0.15) is 5.82 Å². The van der Waals surface area contributed by atoms with Crippen molar-refractivity contribution in [2.75, 3.05) is 18.4 Å². The quantitative estimate of drug-likeness (QED) is 0.884. The molecule has 0 radical (unpaired) electrons. The maximum Gasteiger partial charge on any atom is 0.258 e. The van der Waals surface area contributed by atoms with E-state index in [1.807, 2.05) is 36.0 Å². The first-order valence-corrected chi connectivity index (χ1v) is 8.76. The summed E-state index contributed by atoms with van der Waals surface area (Å²) in [5.41, 5.74) is 1.28. The highest BCUT2D eigenvalue weighted by Gasteiger charge is 2.26. The van der Waals surface area contributed by atoms with E-state index in [2.05, 4.69) is 20.6 Å². The first-order chi connectivity index (χ1) is 11.3. The summed E-state index contributed by atoms with van der Waals surface area (Å²) in [6.07, 6.45) is 5.55. The van der Waals surface area contributed by atoms with Crippen molar-refractivity contribution in [2.45, 2.75) is 28.9 Å². The molecule has 0 atom stereocenters. The molecule has 0 unspecified atom stereocenters. The van der Waals surface area contributed by atoms with Gasteiger partial charge in [-0.15, -0.1) is 11.8 Å². The van der Waals surface area contributed by atoms with Crippen molar-refractivity contribution in [2.24, 2.45) is 0 Å². The van der Waals surface area contributed by atoms with E-state index >= 15 is 0 Å². The van der Waals surface area contributed by atoms with Gasteiger partial charge in [0.15, 0.2) is 0 Å². The molecule has 0 spiro atoms. The maximum atomic E-state index is 12.2. The second-order valence-electron chi connectivity index (χ2n) is 5.98. The number of thioether (sulfide) groups is 1. The van der Waals surface area contributed by atoms with Gasteiger partial charge in [-0.1, -0.05) is 0 Å². The minimum absolute atomic E-state index is 0.170. The van der Waals surface area contributed by atoms with Gasteiger partial charge >= 0.3 is 0 Å². The normalized spacial score (nSPS) is 17.6. The third kappa shape index (κ3) is 3.54. The molecule has 1 aromatic carbocycles. The van der Waals surface area contributed by atoms with E-state index in [4.69, 9.17) is 0 Å². The number of rotatable bonds is 5. The van der Waals surface area contributed by atoms with Crippen molar-refractivity contribution in [1.29, 1.82) is 0 Å². The minimum atomic E-state index is -0.170. The first kappa shape index (κ1) is 14.7. The van der Waals surface area contributed by atoms with Crippen LogP contribution in [0.25, 0.3) is 0 Å². The van der Waals surface area contributed by atoms with Gasteiger partial charge < -0.3 is 10.6 Å². The van der Waals surface area contributed by atoms with Crippen LogP contribution in [0.1, 0.15) is 34.9 Å². The Morgan fingerprint density at radius 1 is 1.13 bits per heavy atom. The first-order valence-electron chi connectivity index (χ1n) is 7.89. The Hall–Kier alpha value is -1.92. The number of nitrogens with one attached hydrogen (secondary N) is 2. The van der Waals surface area contributed by atoms with Crippen molar-refractivity contribution < 1.29 is 4.79 Å². The summed E-state index contributed by atoms with van der Waals surface area (Å²) in [5.74, 6) is 1.19. The van der Waals surface area contributed by atoms with Crippen LogP contribution in [0.5, 0.6) is 0 Å². The topological polar surface area (TPSA) is 66.9 Å². The van der Waals surface area contributed by atoms with Crippen molar-refractivity contribution >= 4 is 23.4 Å². The standard InChI is InChI=1S/C17H18N4OS/c22-17(12-7-19-16(20-8-12)11-1-2-11)21-13-3-5-14(6-4-13)23-15-9-18-10-15/h3-8,11,15,18H,1-2,9-10H2,(H,21,22). The van der Waals surface area contributed by atoms with Gasteiger partial charge in [-0.2, -0.15) is 0 Å². The largest absolute Gasteiger partial charge is 0.322 e. The number of benzene rings is 1. The zero-order valence-corrected chi connectivity index (χ0v) is 13.5. The van der Waals surface area contributed by atoms with Gasteiger partial charge in [-0.3, -0.25) is 4.79 Å². The fraction of sp³-hybridized carbons (Fsp3) is 0.353. The van der Waals surface area contributed by atoms with Crippen LogP contribution in [0.3, 0.4) is 0 Å². The molecule has 1 saturated carbocycles. The average Bonchev–Trinajstić information content (AvgIpc) is 3.37. The molecular weight excluding hydrogens is 308 g/mol. The molecule has 1 saturated heterocycles. The predicted octanol–water partition coefficient (Wildman–Crippen LogP) is 2.67. The molecule has 0 bridgehead atoms. The molecule has 1 aliphatic carbocycles. The summed E-state index contributed by atoms with van der Waals surface area (Å²) in [7, 11) is 0. The fourth-order valence-electron chi connectivity index (χ4n) is 2.37. The molecule has 1 aromatic heterocycles. The lowest BCUT2D eigenvalue weighted by molar-refractivity contribution is 0.102. The second-order valence-corrected chi connectivity index (χ2v) is 7.35. The Morgan fingerprint density at radius 2 is 1.83 bits per heavy atom. The highest BCUT2D eigenvalue weighted by Crippen LogP contribution is 2.37. The number of carbonyl (C=O) groups excluding carboxylic acids is 1. The zero-order valence-electron chi connectivity index (χ0n) is 12.7. The monoisotopic (exact) mass is 326 g/mol. The van der Waals surface area contributed by atoms with Crippen LogP contribution in [-0.2, 0) is 0 Å². The number of aromatic nitrogens is 2. The van der Waals surface area contributed by atoms with Gasteiger partial charge in [0.25, 0.3) is 5.91 Å². The number of nitrogens with zero attached hydrogens (tertiary/aromatic N) is 2. The van der Waals surface area contributed by atoms with Crippen LogP contribution >= 0.6 is 11.8 Å². The Labute approximate surface area is 139 Å². The fourth-order valence-corrected chi connectivity index (χ4v) is 3.45. The third-order valence-corrected chi connectivity index (χ3v) is 5.25. The van der Waals surface area contributed by atoms with E-state index in [0.29, 0.717) is 16.7 Å². The van der Waals surface area contributed by atoms with Crippen molar-refractivity contribution in [1.82, 2.24) is 15.3 Å². The Morgan fingerprint density at radius 3 is 2.39 bits per heavy atom. The maximum absolute atomic E-state index is 12.2. The lowest BCUT2D eigenvalue weighted by Gasteiger charge is -2.26. The summed E-state index contributed by atoms with van der Waals surface area (Å²) in [6.45, 7) is 2.14. The molecule has 1 aliphatic heterocycles. The van der Waals surface area contributed by atoms with E-state index in [1.54, 1.807) is 12.4 Å². The average molecular weight is 326 g/mol. The minimum Gasteiger partial charge on any atom is -0.322 e. The molecular formula is C17H18N4OS. The number of amides is 1. The summed E-state index contributed by atoms with van der Waals surface area (Å²) in [5, 5.41) is 6.82. The Balaban J connectivity index is 1.37. The SMILES string of the molecule is O=C(Nc1ccc(SC2CNC2)cc1)c1cnc(C2CC2)nc1. The lowest BCUT2D eigenvalue weighted by Crippen LogP contribution is -2.44. The van der Waals surface area contributed by atoms with Crippen molar-refractivity contribution in [3.8, 4) is 0 Å². The van der Waals surface area contributed by atoms with Crippen LogP contribution in [0.4, 0.5) is 5.69 Å². The molecule has 2 heterocycles. The number of anilines is 1.